The molecule has 1 saturated carbocycles. The van der Waals surface area contributed by atoms with Gasteiger partial charge in [0, 0.05) is 6.04 Å². The van der Waals surface area contributed by atoms with Crippen LogP contribution in [0.4, 0.5) is 6.01 Å². The van der Waals surface area contributed by atoms with Crippen molar-refractivity contribution < 1.29 is 14.4 Å². The molecule has 6 heteroatoms. The number of rotatable bonds is 3. The lowest BCUT2D eigenvalue weighted by Crippen LogP contribution is -2.29. The zero-order chi connectivity index (χ0) is 11.5. The summed E-state index contributed by atoms with van der Waals surface area (Å²) in [4.78, 5) is 14.8. The standard InChI is InChI=1S/C10H15N3O3/c1-6-11-10(16-13-6)12-8-4-2-7(3-5-8)9(14)15/h7-8H,2-5H2,1H3,(H,14,15)(H,11,12,13). The number of anilines is 1. The molecule has 88 valence electrons. The molecule has 0 atom stereocenters. The molecule has 0 aromatic carbocycles. The summed E-state index contributed by atoms with van der Waals surface area (Å²) in [6, 6.07) is 0.673. The summed E-state index contributed by atoms with van der Waals surface area (Å²) in [6.45, 7) is 1.76. The Morgan fingerprint density at radius 2 is 2.12 bits per heavy atom. The van der Waals surface area contributed by atoms with Gasteiger partial charge in [-0.05, 0) is 32.6 Å². The first kappa shape index (κ1) is 10.9. The Morgan fingerprint density at radius 1 is 1.44 bits per heavy atom. The summed E-state index contributed by atoms with van der Waals surface area (Å²) in [5.74, 6) is -0.281. The lowest BCUT2D eigenvalue weighted by molar-refractivity contribution is -0.142. The Labute approximate surface area is 93.0 Å². The van der Waals surface area contributed by atoms with E-state index >= 15 is 0 Å². The van der Waals surface area contributed by atoms with E-state index < -0.39 is 5.97 Å². The minimum absolute atomic E-state index is 0.192. The van der Waals surface area contributed by atoms with E-state index in [0.29, 0.717) is 24.7 Å². The Hall–Kier alpha value is -1.59. The van der Waals surface area contributed by atoms with Crippen molar-refractivity contribution >= 4 is 12.0 Å². The predicted molar refractivity (Wildman–Crippen MR) is 56.0 cm³/mol. The molecule has 0 saturated heterocycles. The Morgan fingerprint density at radius 3 is 2.62 bits per heavy atom. The number of aryl methyl sites for hydroxylation is 1. The topological polar surface area (TPSA) is 88.2 Å². The Balaban J connectivity index is 1.83. The van der Waals surface area contributed by atoms with Gasteiger partial charge in [-0.1, -0.05) is 5.16 Å². The third-order valence-corrected chi connectivity index (χ3v) is 2.93. The molecular weight excluding hydrogens is 210 g/mol. The highest BCUT2D eigenvalue weighted by Crippen LogP contribution is 2.26. The van der Waals surface area contributed by atoms with Crippen LogP contribution >= 0.6 is 0 Å². The smallest absolute Gasteiger partial charge is 0.321 e. The minimum Gasteiger partial charge on any atom is -0.481 e. The molecule has 1 aliphatic carbocycles. The van der Waals surface area contributed by atoms with Crippen LogP contribution in [0.2, 0.25) is 0 Å². The summed E-state index contributed by atoms with van der Waals surface area (Å²) in [5, 5.41) is 15.7. The van der Waals surface area contributed by atoms with Crippen molar-refractivity contribution in [3.8, 4) is 0 Å². The van der Waals surface area contributed by atoms with Crippen molar-refractivity contribution in [3.63, 3.8) is 0 Å². The fourth-order valence-corrected chi connectivity index (χ4v) is 2.02. The van der Waals surface area contributed by atoms with E-state index in [-0.39, 0.29) is 12.0 Å². The third kappa shape index (κ3) is 2.50. The van der Waals surface area contributed by atoms with E-state index in [9.17, 15) is 4.79 Å². The van der Waals surface area contributed by atoms with Gasteiger partial charge in [0.25, 0.3) is 0 Å². The number of aromatic nitrogens is 2. The second-order valence-corrected chi connectivity index (χ2v) is 4.18. The number of carboxylic acids is 1. The van der Waals surface area contributed by atoms with Gasteiger partial charge in [-0.2, -0.15) is 4.98 Å². The van der Waals surface area contributed by atoms with Gasteiger partial charge in [0.2, 0.25) is 0 Å². The maximum absolute atomic E-state index is 10.8. The fourth-order valence-electron chi connectivity index (χ4n) is 2.02. The Kier molecular flexibility index (Phi) is 3.07. The van der Waals surface area contributed by atoms with Crippen molar-refractivity contribution in [1.82, 2.24) is 10.1 Å². The van der Waals surface area contributed by atoms with E-state index in [1.165, 1.54) is 0 Å². The molecule has 1 aromatic rings. The van der Waals surface area contributed by atoms with Crippen LogP contribution < -0.4 is 5.32 Å². The van der Waals surface area contributed by atoms with Gasteiger partial charge in [-0.3, -0.25) is 4.79 Å². The van der Waals surface area contributed by atoms with Gasteiger partial charge in [-0.25, -0.2) is 0 Å². The SMILES string of the molecule is Cc1noc(NC2CCC(C(=O)O)CC2)n1. The normalized spacial score (nSPS) is 25.3. The highest BCUT2D eigenvalue weighted by atomic mass is 16.5. The zero-order valence-corrected chi connectivity index (χ0v) is 9.14. The molecule has 0 unspecified atom stereocenters. The van der Waals surface area contributed by atoms with Crippen molar-refractivity contribution in [2.24, 2.45) is 5.92 Å². The summed E-state index contributed by atoms with van der Waals surface area (Å²) in [5.41, 5.74) is 0. The van der Waals surface area contributed by atoms with Crippen molar-refractivity contribution in [2.45, 2.75) is 38.6 Å². The Bertz CT molecular complexity index is 369. The number of carboxylic acid groups (broad SMARTS) is 1. The average Bonchev–Trinajstić information content (AvgIpc) is 2.65. The third-order valence-electron chi connectivity index (χ3n) is 2.93. The molecule has 1 heterocycles. The highest BCUT2D eigenvalue weighted by molar-refractivity contribution is 5.70. The molecule has 1 aliphatic rings. The van der Waals surface area contributed by atoms with Gasteiger partial charge in [0.15, 0.2) is 5.82 Å². The van der Waals surface area contributed by atoms with Crippen LogP contribution in [-0.4, -0.2) is 27.3 Å². The van der Waals surface area contributed by atoms with Crippen LogP contribution in [0.1, 0.15) is 31.5 Å². The molecule has 2 N–H and O–H groups in total. The van der Waals surface area contributed by atoms with Gasteiger partial charge in [-0.15, -0.1) is 0 Å². The molecule has 1 aromatic heterocycles. The maximum atomic E-state index is 10.8. The van der Waals surface area contributed by atoms with E-state index in [1.54, 1.807) is 6.92 Å². The van der Waals surface area contributed by atoms with E-state index in [0.717, 1.165) is 12.8 Å². The number of hydrogen-bond acceptors (Lipinski definition) is 5. The van der Waals surface area contributed by atoms with Crippen LogP contribution in [0, 0.1) is 12.8 Å². The minimum atomic E-state index is -0.688. The molecule has 6 nitrogen and oxygen atoms in total. The first-order valence-corrected chi connectivity index (χ1v) is 5.45. The quantitative estimate of drug-likeness (QED) is 0.809. The van der Waals surface area contributed by atoms with Gasteiger partial charge >= 0.3 is 12.0 Å². The van der Waals surface area contributed by atoms with Crippen LogP contribution in [0.5, 0.6) is 0 Å². The van der Waals surface area contributed by atoms with Crippen molar-refractivity contribution in [1.29, 1.82) is 0 Å². The first-order chi connectivity index (χ1) is 7.65. The van der Waals surface area contributed by atoms with E-state index in [1.807, 2.05) is 0 Å². The summed E-state index contributed by atoms with van der Waals surface area (Å²) >= 11 is 0. The van der Waals surface area contributed by atoms with Crippen LogP contribution in [0.3, 0.4) is 0 Å². The molecule has 2 rings (SSSR count). The average molecular weight is 225 g/mol. The molecule has 0 bridgehead atoms. The molecule has 0 amide bonds. The van der Waals surface area contributed by atoms with Gasteiger partial charge < -0.3 is 14.9 Å². The molecule has 1 fully saturated rings. The maximum Gasteiger partial charge on any atom is 0.321 e. The zero-order valence-electron chi connectivity index (χ0n) is 9.14. The first-order valence-electron chi connectivity index (χ1n) is 5.45. The molecular formula is C10H15N3O3. The van der Waals surface area contributed by atoms with Gasteiger partial charge in [0.05, 0.1) is 5.92 Å². The molecule has 16 heavy (non-hydrogen) atoms. The molecule has 0 spiro atoms. The number of carbonyl (C=O) groups is 1. The van der Waals surface area contributed by atoms with Crippen LogP contribution in [0.25, 0.3) is 0 Å². The lowest BCUT2D eigenvalue weighted by Gasteiger charge is -2.25. The van der Waals surface area contributed by atoms with Crippen LogP contribution in [0.15, 0.2) is 4.52 Å². The molecule has 0 radical (unpaired) electrons. The predicted octanol–water partition coefficient (Wildman–Crippen LogP) is 1.43. The summed E-state index contributed by atoms with van der Waals surface area (Å²) in [7, 11) is 0. The van der Waals surface area contributed by atoms with Crippen molar-refractivity contribution in [2.75, 3.05) is 5.32 Å². The number of hydrogen-bond donors (Lipinski definition) is 2. The summed E-state index contributed by atoms with van der Waals surface area (Å²) < 4.78 is 4.95. The summed E-state index contributed by atoms with van der Waals surface area (Å²) in [6.07, 6.45) is 3.08. The number of nitrogens with one attached hydrogen (secondary N) is 1. The monoisotopic (exact) mass is 225 g/mol. The fraction of sp³-hybridized carbons (Fsp3) is 0.700. The number of aliphatic carboxylic acids is 1. The largest absolute Gasteiger partial charge is 0.481 e. The van der Waals surface area contributed by atoms with Crippen LogP contribution in [-0.2, 0) is 4.79 Å². The van der Waals surface area contributed by atoms with Crippen molar-refractivity contribution in [3.05, 3.63) is 5.82 Å². The lowest BCUT2D eigenvalue weighted by atomic mass is 9.86. The van der Waals surface area contributed by atoms with E-state index in [4.69, 9.17) is 9.63 Å². The van der Waals surface area contributed by atoms with E-state index in [2.05, 4.69) is 15.5 Å². The van der Waals surface area contributed by atoms with Gasteiger partial charge in [0.1, 0.15) is 0 Å². The second kappa shape index (κ2) is 4.51. The highest BCUT2D eigenvalue weighted by Gasteiger charge is 2.26. The number of nitrogens with zero attached hydrogens (tertiary/aromatic N) is 2. The molecule has 0 aliphatic heterocycles. The second-order valence-electron chi connectivity index (χ2n) is 4.18.